The molecule has 1 unspecified atom stereocenters. The third-order valence-electron chi connectivity index (χ3n) is 3.31. The van der Waals surface area contributed by atoms with Gasteiger partial charge in [-0.15, -0.1) is 0 Å². The third-order valence-corrected chi connectivity index (χ3v) is 3.31. The molecule has 6 heteroatoms. The van der Waals surface area contributed by atoms with Crippen molar-refractivity contribution in [2.24, 2.45) is 0 Å². The number of carbonyl (C=O) groups excluding carboxylic acids is 1. The average Bonchev–Trinajstić information content (AvgIpc) is 2.58. The highest BCUT2D eigenvalue weighted by molar-refractivity contribution is 5.69. The van der Waals surface area contributed by atoms with Crippen molar-refractivity contribution >= 4 is 6.09 Å². The predicted octanol–water partition coefficient (Wildman–Crippen LogP) is -0.905. The third kappa shape index (κ3) is 3.83. The zero-order chi connectivity index (χ0) is 12.1. The fraction of sp³-hybridized carbons (Fsp3) is 0.909. The van der Waals surface area contributed by atoms with Crippen LogP contribution >= 0.6 is 0 Å². The van der Waals surface area contributed by atoms with Crippen LogP contribution in [0.2, 0.25) is 0 Å². The molecule has 0 aromatic carbocycles. The van der Waals surface area contributed by atoms with Gasteiger partial charge in [0.2, 0.25) is 0 Å². The van der Waals surface area contributed by atoms with Crippen LogP contribution in [-0.2, 0) is 4.74 Å². The van der Waals surface area contributed by atoms with E-state index in [1.54, 1.807) is 0 Å². The Morgan fingerprint density at radius 1 is 1.29 bits per heavy atom. The maximum Gasteiger partial charge on any atom is 0.407 e. The maximum absolute atomic E-state index is 10.9. The minimum atomic E-state index is -0.299. The van der Waals surface area contributed by atoms with Gasteiger partial charge in [-0.1, -0.05) is 0 Å². The summed E-state index contributed by atoms with van der Waals surface area (Å²) in [6, 6.07) is 0. The van der Waals surface area contributed by atoms with E-state index in [1.807, 2.05) is 0 Å². The fourth-order valence-electron chi connectivity index (χ4n) is 2.39. The molecule has 2 fully saturated rings. The van der Waals surface area contributed by atoms with Gasteiger partial charge in [-0.25, -0.2) is 4.79 Å². The molecular formula is C11H21N3O3. The van der Waals surface area contributed by atoms with Gasteiger partial charge in [0.1, 0.15) is 6.10 Å². The maximum atomic E-state index is 10.9. The lowest BCUT2D eigenvalue weighted by molar-refractivity contribution is 0.109. The summed E-state index contributed by atoms with van der Waals surface area (Å²) in [6.45, 7) is 6.46. The molecule has 2 aliphatic heterocycles. The monoisotopic (exact) mass is 243 g/mol. The second-order valence-electron chi connectivity index (χ2n) is 4.63. The summed E-state index contributed by atoms with van der Waals surface area (Å²) >= 11 is 0. The van der Waals surface area contributed by atoms with Gasteiger partial charge >= 0.3 is 6.09 Å². The van der Waals surface area contributed by atoms with Crippen LogP contribution in [0.1, 0.15) is 6.42 Å². The summed E-state index contributed by atoms with van der Waals surface area (Å²) in [4.78, 5) is 15.5. The zero-order valence-electron chi connectivity index (χ0n) is 10.1. The second-order valence-corrected chi connectivity index (χ2v) is 4.63. The number of cyclic esters (lactones) is 1. The van der Waals surface area contributed by atoms with Gasteiger partial charge in [-0.05, 0) is 19.5 Å². The van der Waals surface area contributed by atoms with E-state index < -0.39 is 0 Å². The molecule has 2 saturated heterocycles. The van der Waals surface area contributed by atoms with Crippen molar-refractivity contribution < 1.29 is 14.6 Å². The SMILES string of the molecule is O=C1NCC(CN2CCCN(CCO)CC2)O1. The minimum Gasteiger partial charge on any atom is -0.443 e. The van der Waals surface area contributed by atoms with Crippen molar-refractivity contribution in [1.29, 1.82) is 0 Å². The predicted molar refractivity (Wildman–Crippen MR) is 62.9 cm³/mol. The molecule has 0 spiro atoms. The van der Waals surface area contributed by atoms with E-state index in [-0.39, 0.29) is 18.8 Å². The molecule has 0 aliphatic carbocycles. The number of hydrogen-bond donors (Lipinski definition) is 2. The van der Waals surface area contributed by atoms with Crippen LogP contribution in [0.3, 0.4) is 0 Å². The molecule has 1 amide bonds. The Hall–Kier alpha value is -0.850. The molecule has 2 heterocycles. The van der Waals surface area contributed by atoms with E-state index in [0.717, 1.165) is 45.7 Å². The summed E-state index contributed by atoms with van der Waals surface area (Å²) < 4.78 is 5.13. The van der Waals surface area contributed by atoms with E-state index in [0.29, 0.717) is 6.54 Å². The Morgan fingerprint density at radius 3 is 2.76 bits per heavy atom. The molecule has 0 radical (unpaired) electrons. The molecule has 98 valence electrons. The van der Waals surface area contributed by atoms with Crippen molar-refractivity contribution in [2.75, 3.05) is 52.4 Å². The van der Waals surface area contributed by atoms with Gasteiger partial charge in [-0.2, -0.15) is 0 Å². The van der Waals surface area contributed by atoms with Crippen LogP contribution in [0.4, 0.5) is 4.79 Å². The molecular weight excluding hydrogens is 222 g/mol. The van der Waals surface area contributed by atoms with Gasteiger partial charge in [0.25, 0.3) is 0 Å². The Labute approximate surface area is 102 Å². The number of nitrogens with one attached hydrogen (secondary N) is 1. The summed E-state index contributed by atoms with van der Waals surface area (Å²) in [6.07, 6.45) is 0.798. The molecule has 6 nitrogen and oxygen atoms in total. The number of β-amino-alcohol motifs (C(OH)–C–C–N with tert-alkyl or cyclic N) is 1. The largest absolute Gasteiger partial charge is 0.443 e. The lowest BCUT2D eigenvalue weighted by Crippen LogP contribution is -2.37. The first-order valence-corrected chi connectivity index (χ1v) is 6.28. The van der Waals surface area contributed by atoms with Crippen molar-refractivity contribution in [1.82, 2.24) is 15.1 Å². The van der Waals surface area contributed by atoms with Crippen molar-refractivity contribution in [3.05, 3.63) is 0 Å². The Kier molecular flexibility index (Phi) is 4.58. The van der Waals surface area contributed by atoms with Crippen LogP contribution in [0.15, 0.2) is 0 Å². The van der Waals surface area contributed by atoms with Gasteiger partial charge in [0.05, 0.1) is 13.2 Å². The number of amides is 1. The highest BCUT2D eigenvalue weighted by atomic mass is 16.6. The molecule has 0 aromatic heterocycles. The summed E-state index contributed by atoms with van der Waals surface area (Å²) in [5.41, 5.74) is 0. The smallest absolute Gasteiger partial charge is 0.407 e. The van der Waals surface area contributed by atoms with E-state index in [2.05, 4.69) is 15.1 Å². The second kappa shape index (κ2) is 6.18. The van der Waals surface area contributed by atoms with Crippen LogP contribution < -0.4 is 5.32 Å². The van der Waals surface area contributed by atoms with E-state index in [4.69, 9.17) is 9.84 Å². The summed E-state index contributed by atoms with van der Waals surface area (Å²) in [5.74, 6) is 0. The topological polar surface area (TPSA) is 65.0 Å². The summed E-state index contributed by atoms with van der Waals surface area (Å²) in [7, 11) is 0. The van der Waals surface area contributed by atoms with Gasteiger partial charge in [0.15, 0.2) is 0 Å². The minimum absolute atomic E-state index is 0.00751. The first-order valence-electron chi connectivity index (χ1n) is 6.28. The lowest BCUT2D eigenvalue weighted by Gasteiger charge is -2.22. The zero-order valence-corrected chi connectivity index (χ0v) is 10.1. The van der Waals surface area contributed by atoms with Crippen LogP contribution in [0.25, 0.3) is 0 Å². The van der Waals surface area contributed by atoms with Gasteiger partial charge < -0.3 is 15.2 Å². The molecule has 2 rings (SSSR count). The number of aliphatic hydroxyl groups is 1. The molecule has 1 atom stereocenters. The van der Waals surface area contributed by atoms with Gasteiger partial charge in [-0.3, -0.25) is 9.80 Å². The number of alkyl carbamates (subject to hydrolysis) is 1. The molecule has 2 aliphatic rings. The first-order chi connectivity index (χ1) is 8.28. The van der Waals surface area contributed by atoms with E-state index >= 15 is 0 Å². The highest BCUT2D eigenvalue weighted by Crippen LogP contribution is 2.07. The Bertz CT molecular complexity index is 262. The number of nitrogens with zero attached hydrogens (tertiary/aromatic N) is 2. The molecule has 2 N–H and O–H groups in total. The van der Waals surface area contributed by atoms with Crippen molar-refractivity contribution in [3.63, 3.8) is 0 Å². The Morgan fingerprint density at radius 2 is 2.06 bits per heavy atom. The lowest BCUT2D eigenvalue weighted by atomic mass is 10.3. The molecule has 0 saturated carbocycles. The molecule has 17 heavy (non-hydrogen) atoms. The summed E-state index contributed by atoms with van der Waals surface area (Å²) in [5, 5.41) is 11.6. The number of hydrogen-bond acceptors (Lipinski definition) is 5. The Balaban J connectivity index is 1.73. The number of carbonyl (C=O) groups is 1. The first kappa shape index (κ1) is 12.6. The number of ether oxygens (including phenoxy) is 1. The van der Waals surface area contributed by atoms with Gasteiger partial charge in [0, 0.05) is 26.2 Å². The quantitative estimate of drug-likeness (QED) is 0.669. The molecule has 0 bridgehead atoms. The van der Waals surface area contributed by atoms with Crippen molar-refractivity contribution in [2.45, 2.75) is 12.5 Å². The molecule has 0 aromatic rings. The highest BCUT2D eigenvalue weighted by Gasteiger charge is 2.25. The fourth-order valence-corrected chi connectivity index (χ4v) is 2.39. The van der Waals surface area contributed by atoms with Crippen LogP contribution in [0, 0.1) is 0 Å². The average molecular weight is 243 g/mol. The van der Waals surface area contributed by atoms with E-state index in [9.17, 15) is 4.79 Å². The van der Waals surface area contributed by atoms with Crippen LogP contribution in [0.5, 0.6) is 0 Å². The standard InChI is InChI=1S/C11H21N3O3/c15-7-6-13-2-1-3-14(5-4-13)9-10-8-12-11(16)17-10/h10,15H,1-9H2,(H,12,16). The van der Waals surface area contributed by atoms with Crippen LogP contribution in [-0.4, -0.2) is 79.5 Å². The number of aliphatic hydroxyl groups excluding tert-OH is 1. The van der Waals surface area contributed by atoms with Crippen molar-refractivity contribution in [3.8, 4) is 0 Å². The number of rotatable bonds is 4. The van der Waals surface area contributed by atoms with E-state index in [1.165, 1.54) is 0 Å². The normalized spacial score (nSPS) is 27.6.